The minimum absolute atomic E-state index is 0.0175. The molecule has 2 amide bonds. The van der Waals surface area contributed by atoms with E-state index in [0.717, 1.165) is 16.8 Å². The number of amides is 2. The maximum absolute atomic E-state index is 13.0. The second kappa shape index (κ2) is 10.2. The lowest BCUT2D eigenvalue weighted by Crippen LogP contribution is -2.44. The first kappa shape index (κ1) is 26.4. The standard InChI is InChI=1S/C25H35N2O6P/c1-15(2)21-8-7-9-22(16(3)4)23(21)27-24(28)26-14-25(32-17(5)18(6)33-25)19-10-12-20(13-11-19)34(29,30)31/h7-13,15-18H,14H2,1-6H3,(H2,26,27,28)(H2,29,30,31). The zero-order valence-electron chi connectivity index (χ0n) is 20.5. The molecule has 9 heteroatoms. The summed E-state index contributed by atoms with van der Waals surface area (Å²) in [7, 11) is -4.37. The topological polar surface area (TPSA) is 117 Å². The molecule has 2 atom stereocenters. The normalized spacial score (nSPS) is 22.9. The van der Waals surface area contributed by atoms with Crippen LogP contribution in [0.15, 0.2) is 42.5 Å². The summed E-state index contributed by atoms with van der Waals surface area (Å²) < 4.78 is 23.8. The molecule has 34 heavy (non-hydrogen) atoms. The van der Waals surface area contributed by atoms with E-state index in [9.17, 15) is 19.1 Å². The van der Waals surface area contributed by atoms with Crippen LogP contribution in [0.1, 0.15) is 70.1 Å². The van der Waals surface area contributed by atoms with E-state index in [1.54, 1.807) is 12.1 Å². The third-order valence-corrected chi connectivity index (χ3v) is 7.12. The number of carbonyl (C=O) groups excluding carboxylic acids is 1. The first-order valence-corrected chi connectivity index (χ1v) is 13.1. The Bertz CT molecular complexity index is 1030. The summed E-state index contributed by atoms with van der Waals surface area (Å²) in [5.74, 6) is -0.811. The van der Waals surface area contributed by atoms with Crippen LogP contribution >= 0.6 is 7.60 Å². The number of rotatable bonds is 7. The molecule has 0 radical (unpaired) electrons. The monoisotopic (exact) mass is 490 g/mol. The molecular formula is C25H35N2O6P. The van der Waals surface area contributed by atoms with Crippen molar-refractivity contribution >= 4 is 24.6 Å². The number of hydrogen-bond acceptors (Lipinski definition) is 4. The van der Waals surface area contributed by atoms with Gasteiger partial charge in [-0.15, -0.1) is 0 Å². The number of nitrogens with one attached hydrogen (secondary N) is 2. The Labute approximate surface area is 201 Å². The molecule has 4 N–H and O–H groups in total. The van der Waals surface area contributed by atoms with Crippen molar-refractivity contribution in [2.75, 3.05) is 11.9 Å². The second-order valence-electron chi connectivity index (χ2n) is 9.42. The molecular weight excluding hydrogens is 455 g/mol. The summed E-state index contributed by atoms with van der Waals surface area (Å²) in [6.07, 6.45) is -0.471. The first-order chi connectivity index (χ1) is 15.8. The highest BCUT2D eigenvalue weighted by atomic mass is 31.2. The molecule has 2 aromatic carbocycles. The fourth-order valence-corrected chi connectivity index (χ4v) is 4.64. The largest absolute Gasteiger partial charge is 0.356 e. The Morgan fingerprint density at radius 3 is 1.91 bits per heavy atom. The highest BCUT2D eigenvalue weighted by Crippen LogP contribution is 2.39. The fraction of sp³-hybridized carbons (Fsp3) is 0.480. The van der Waals surface area contributed by atoms with Crippen LogP contribution < -0.4 is 15.9 Å². The molecule has 0 aliphatic carbocycles. The van der Waals surface area contributed by atoms with E-state index in [1.165, 1.54) is 12.1 Å². The van der Waals surface area contributed by atoms with Crippen molar-refractivity contribution in [2.45, 2.75) is 71.4 Å². The fourth-order valence-electron chi connectivity index (χ4n) is 4.10. The molecule has 2 unspecified atom stereocenters. The van der Waals surface area contributed by atoms with E-state index in [0.29, 0.717) is 5.56 Å². The van der Waals surface area contributed by atoms with Crippen molar-refractivity contribution in [2.24, 2.45) is 0 Å². The average molecular weight is 491 g/mol. The SMILES string of the molecule is CC(C)c1cccc(C(C)C)c1NC(=O)NCC1(c2ccc(P(=O)(O)O)cc2)OC(C)C(C)O1. The van der Waals surface area contributed by atoms with Gasteiger partial charge >= 0.3 is 13.6 Å². The Balaban J connectivity index is 1.84. The van der Waals surface area contributed by atoms with Gasteiger partial charge in [0.05, 0.1) is 24.1 Å². The van der Waals surface area contributed by atoms with Crippen LogP contribution in [0.4, 0.5) is 10.5 Å². The van der Waals surface area contributed by atoms with Crippen LogP contribution in [-0.4, -0.2) is 34.6 Å². The third-order valence-electron chi connectivity index (χ3n) is 6.15. The van der Waals surface area contributed by atoms with E-state index in [-0.39, 0.29) is 41.9 Å². The highest BCUT2D eigenvalue weighted by Gasteiger charge is 2.46. The number of ether oxygens (including phenoxy) is 2. The molecule has 8 nitrogen and oxygen atoms in total. The lowest BCUT2D eigenvalue weighted by molar-refractivity contribution is -0.176. The van der Waals surface area contributed by atoms with Gasteiger partial charge in [0.1, 0.15) is 0 Å². The van der Waals surface area contributed by atoms with E-state index < -0.39 is 13.4 Å². The minimum atomic E-state index is -4.37. The van der Waals surface area contributed by atoms with Crippen LogP contribution in [0.5, 0.6) is 0 Å². The van der Waals surface area contributed by atoms with E-state index in [2.05, 4.69) is 38.3 Å². The number of carbonyl (C=O) groups is 1. The summed E-state index contributed by atoms with van der Waals surface area (Å²) in [4.78, 5) is 31.8. The van der Waals surface area contributed by atoms with Crippen molar-refractivity contribution in [3.63, 3.8) is 0 Å². The molecule has 0 saturated carbocycles. The molecule has 1 aliphatic heterocycles. The summed E-state index contributed by atoms with van der Waals surface area (Å²) in [6.45, 7) is 12.1. The van der Waals surface area contributed by atoms with Gasteiger partial charge in [-0.25, -0.2) is 4.79 Å². The molecule has 1 heterocycles. The van der Waals surface area contributed by atoms with Crippen molar-refractivity contribution < 1.29 is 28.6 Å². The predicted molar refractivity (Wildman–Crippen MR) is 133 cm³/mol. The van der Waals surface area contributed by atoms with Gasteiger partial charge in [-0.05, 0) is 48.9 Å². The Kier molecular flexibility index (Phi) is 7.90. The molecule has 1 saturated heterocycles. The van der Waals surface area contributed by atoms with Crippen LogP contribution in [0, 0.1) is 0 Å². The van der Waals surface area contributed by atoms with Gasteiger partial charge in [0, 0.05) is 11.3 Å². The van der Waals surface area contributed by atoms with Crippen molar-refractivity contribution in [1.29, 1.82) is 0 Å². The van der Waals surface area contributed by atoms with E-state index in [4.69, 9.17) is 9.47 Å². The molecule has 1 fully saturated rings. The molecule has 3 rings (SSSR count). The quantitative estimate of drug-likeness (QED) is 0.424. The van der Waals surface area contributed by atoms with Crippen LogP contribution in [-0.2, 0) is 19.8 Å². The van der Waals surface area contributed by atoms with Crippen LogP contribution in [0.3, 0.4) is 0 Å². The molecule has 0 aromatic heterocycles. The first-order valence-electron chi connectivity index (χ1n) is 11.5. The van der Waals surface area contributed by atoms with Gasteiger partial charge in [-0.2, -0.15) is 0 Å². The van der Waals surface area contributed by atoms with Gasteiger partial charge in [-0.3, -0.25) is 4.57 Å². The Morgan fingerprint density at radius 1 is 0.971 bits per heavy atom. The van der Waals surface area contributed by atoms with Gasteiger partial charge in [0.15, 0.2) is 0 Å². The molecule has 2 aromatic rings. The lowest BCUT2D eigenvalue weighted by atomic mass is 9.93. The summed E-state index contributed by atoms with van der Waals surface area (Å²) >= 11 is 0. The maximum Gasteiger partial charge on any atom is 0.356 e. The number of benzene rings is 2. The summed E-state index contributed by atoms with van der Waals surface area (Å²) in [6, 6.07) is 11.5. The zero-order valence-corrected chi connectivity index (χ0v) is 21.4. The minimum Gasteiger partial charge on any atom is -0.339 e. The van der Waals surface area contributed by atoms with Crippen molar-refractivity contribution in [1.82, 2.24) is 5.32 Å². The Hall–Kier alpha value is -2.22. The Morgan fingerprint density at radius 2 is 1.47 bits per heavy atom. The summed E-state index contributed by atoms with van der Waals surface area (Å²) in [5, 5.41) is 5.80. The number of hydrogen-bond donors (Lipinski definition) is 4. The molecule has 0 bridgehead atoms. The summed E-state index contributed by atoms with van der Waals surface area (Å²) in [5.41, 5.74) is 3.48. The number of anilines is 1. The smallest absolute Gasteiger partial charge is 0.339 e. The van der Waals surface area contributed by atoms with E-state index >= 15 is 0 Å². The van der Waals surface area contributed by atoms with E-state index in [1.807, 2.05) is 32.0 Å². The third kappa shape index (κ3) is 5.70. The van der Waals surface area contributed by atoms with Gasteiger partial charge in [-0.1, -0.05) is 58.0 Å². The predicted octanol–water partition coefficient (Wildman–Crippen LogP) is 4.53. The maximum atomic E-state index is 13.0. The highest BCUT2D eigenvalue weighted by molar-refractivity contribution is 7.60. The zero-order chi connectivity index (χ0) is 25.3. The van der Waals surface area contributed by atoms with Gasteiger partial charge in [0.2, 0.25) is 5.79 Å². The molecule has 1 aliphatic rings. The average Bonchev–Trinajstić information content (AvgIpc) is 3.06. The van der Waals surface area contributed by atoms with Crippen molar-refractivity contribution in [3.05, 3.63) is 59.2 Å². The molecule has 186 valence electrons. The van der Waals surface area contributed by atoms with Gasteiger partial charge in [0.25, 0.3) is 0 Å². The van der Waals surface area contributed by atoms with Crippen molar-refractivity contribution in [3.8, 4) is 0 Å². The van der Waals surface area contributed by atoms with Crippen LogP contribution in [0.25, 0.3) is 0 Å². The number of para-hydroxylation sites is 1. The number of urea groups is 1. The molecule has 0 spiro atoms. The lowest BCUT2D eigenvalue weighted by Gasteiger charge is -2.29. The second-order valence-corrected chi connectivity index (χ2v) is 11.0. The van der Waals surface area contributed by atoms with Crippen LogP contribution in [0.2, 0.25) is 0 Å². The van der Waals surface area contributed by atoms with Gasteiger partial charge < -0.3 is 29.9 Å².